The molecule has 0 unspecified atom stereocenters. The number of rotatable bonds is 5. The van der Waals surface area contributed by atoms with Gasteiger partial charge < -0.3 is 10.2 Å². The zero-order valence-electron chi connectivity index (χ0n) is 11.4. The fraction of sp³-hybridized carbons (Fsp3) is 0.231. The van der Waals surface area contributed by atoms with E-state index in [1.165, 1.54) is 0 Å². The second kappa shape index (κ2) is 6.67. The number of aryl methyl sites for hydroxylation is 2. The molecule has 108 valence electrons. The lowest BCUT2D eigenvalue weighted by molar-refractivity contribution is 0.542. The molecule has 0 amide bonds. The second-order valence-electron chi connectivity index (χ2n) is 4.25. The first-order chi connectivity index (χ1) is 10.1. The minimum Gasteiger partial charge on any atom is -0.460 e. The molecule has 0 saturated carbocycles. The Bertz CT molecular complexity index is 709. The van der Waals surface area contributed by atoms with Crippen LogP contribution in [0.25, 0.3) is 11.5 Å². The number of aromatic nitrogens is 2. The summed E-state index contributed by atoms with van der Waals surface area (Å²) in [6.45, 7) is 2.36. The number of nitriles is 1. The van der Waals surface area contributed by atoms with Crippen molar-refractivity contribution in [3.8, 4) is 17.5 Å². The van der Waals surface area contributed by atoms with Crippen LogP contribution in [0.4, 0.5) is 0 Å². The minimum atomic E-state index is 0.0820. The third kappa shape index (κ3) is 3.90. The number of nitrogens with two attached hydrogens (primary N) is 1. The molecular formula is C13H14N6OS. The van der Waals surface area contributed by atoms with Gasteiger partial charge >= 0.3 is 0 Å². The largest absolute Gasteiger partial charge is 0.460 e. The van der Waals surface area contributed by atoms with Gasteiger partial charge in [0.2, 0.25) is 0 Å². The van der Waals surface area contributed by atoms with E-state index in [1.807, 2.05) is 19.1 Å². The summed E-state index contributed by atoms with van der Waals surface area (Å²) in [7, 11) is 0. The molecule has 0 aliphatic rings. The van der Waals surface area contributed by atoms with Gasteiger partial charge in [-0.15, -0.1) is 0 Å². The molecule has 0 aliphatic heterocycles. The summed E-state index contributed by atoms with van der Waals surface area (Å²) in [4.78, 5) is 0. The molecule has 3 N–H and O–H groups in total. The maximum absolute atomic E-state index is 8.65. The van der Waals surface area contributed by atoms with Gasteiger partial charge in [0, 0.05) is 11.8 Å². The Balaban J connectivity index is 2.31. The predicted octanol–water partition coefficient (Wildman–Crippen LogP) is 1.53. The highest BCUT2D eigenvalue weighted by Gasteiger charge is 2.13. The summed E-state index contributed by atoms with van der Waals surface area (Å²) < 4.78 is 7.26. The Morgan fingerprint density at radius 3 is 3.10 bits per heavy atom. The van der Waals surface area contributed by atoms with Crippen molar-refractivity contribution in [3.05, 3.63) is 29.7 Å². The summed E-state index contributed by atoms with van der Waals surface area (Å²) in [5, 5.41) is 17.1. The van der Waals surface area contributed by atoms with Gasteiger partial charge in [0.25, 0.3) is 0 Å². The molecule has 0 atom stereocenters. The zero-order chi connectivity index (χ0) is 15.2. The van der Waals surface area contributed by atoms with Gasteiger partial charge in [0.05, 0.1) is 25.2 Å². The zero-order valence-corrected chi connectivity index (χ0v) is 12.2. The van der Waals surface area contributed by atoms with Gasteiger partial charge in [-0.2, -0.15) is 15.5 Å². The summed E-state index contributed by atoms with van der Waals surface area (Å²) in [6, 6.07) is 5.78. The summed E-state index contributed by atoms with van der Waals surface area (Å²) >= 11 is 4.68. The lowest BCUT2D eigenvalue weighted by atomic mass is 10.2. The van der Waals surface area contributed by atoms with Crippen molar-refractivity contribution in [2.45, 2.75) is 19.9 Å². The van der Waals surface area contributed by atoms with Crippen LogP contribution in [-0.2, 0) is 6.54 Å². The first-order valence-corrected chi connectivity index (χ1v) is 6.60. The normalized spacial score (nSPS) is 10.7. The van der Waals surface area contributed by atoms with Crippen molar-refractivity contribution in [2.75, 3.05) is 0 Å². The van der Waals surface area contributed by atoms with Crippen molar-refractivity contribution in [1.82, 2.24) is 15.2 Å². The van der Waals surface area contributed by atoms with E-state index in [0.717, 1.165) is 11.3 Å². The van der Waals surface area contributed by atoms with E-state index in [0.29, 0.717) is 24.4 Å². The number of hydrogen-bond acceptors (Lipinski definition) is 5. The second-order valence-corrected chi connectivity index (χ2v) is 4.69. The van der Waals surface area contributed by atoms with Crippen LogP contribution in [0.2, 0.25) is 0 Å². The molecule has 7 nitrogen and oxygen atoms in total. The first-order valence-electron chi connectivity index (χ1n) is 6.20. The highest BCUT2D eigenvalue weighted by Crippen LogP contribution is 2.23. The Morgan fingerprint density at radius 1 is 1.67 bits per heavy atom. The van der Waals surface area contributed by atoms with Crippen LogP contribution < -0.4 is 11.2 Å². The summed E-state index contributed by atoms with van der Waals surface area (Å²) in [5.41, 5.74) is 9.19. The lowest BCUT2D eigenvalue weighted by Gasteiger charge is -1.95. The summed E-state index contributed by atoms with van der Waals surface area (Å²) in [6.07, 6.45) is 3.72. The predicted molar refractivity (Wildman–Crippen MR) is 82.4 cm³/mol. The SMILES string of the molecule is Cc1ccc(-c2nn(CCC#N)cc2/C=N/NC(N)=S)o1. The molecule has 0 aromatic carbocycles. The Hall–Kier alpha value is -2.66. The van der Waals surface area contributed by atoms with E-state index in [4.69, 9.17) is 15.4 Å². The fourth-order valence-corrected chi connectivity index (χ4v) is 1.78. The van der Waals surface area contributed by atoms with Gasteiger partial charge in [0.1, 0.15) is 11.5 Å². The van der Waals surface area contributed by atoms with Gasteiger partial charge in [-0.1, -0.05) is 0 Å². The van der Waals surface area contributed by atoms with Crippen molar-refractivity contribution in [2.24, 2.45) is 10.8 Å². The summed E-state index contributed by atoms with van der Waals surface area (Å²) in [5.74, 6) is 1.43. The third-order valence-corrected chi connectivity index (χ3v) is 2.69. The number of furan rings is 1. The van der Waals surface area contributed by atoms with Crippen LogP contribution in [-0.4, -0.2) is 21.1 Å². The van der Waals surface area contributed by atoms with Crippen molar-refractivity contribution < 1.29 is 4.42 Å². The van der Waals surface area contributed by atoms with Crippen LogP contribution in [0, 0.1) is 18.3 Å². The van der Waals surface area contributed by atoms with Gasteiger partial charge in [-0.05, 0) is 31.3 Å². The van der Waals surface area contributed by atoms with E-state index in [-0.39, 0.29) is 5.11 Å². The first kappa shape index (κ1) is 14.7. The highest BCUT2D eigenvalue weighted by molar-refractivity contribution is 7.80. The quantitative estimate of drug-likeness (QED) is 0.493. The van der Waals surface area contributed by atoms with E-state index >= 15 is 0 Å². The Morgan fingerprint density at radius 2 is 2.48 bits per heavy atom. The molecule has 0 saturated heterocycles. The third-order valence-electron chi connectivity index (χ3n) is 2.59. The van der Waals surface area contributed by atoms with Crippen molar-refractivity contribution >= 4 is 23.5 Å². The molecule has 8 heteroatoms. The average molecular weight is 302 g/mol. The fourth-order valence-electron chi connectivity index (χ4n) is 1.73. The molecule has 2 heterocycles. The van der Waals surface area contributed by atoms with Gasteiger partial charge in [-0.3, -0.25) is 10.1 Å². The molecule has 0 fully saturated rings. The van der Waals surface area contributed by atoms with Crippen LogP contribution in [0.15, 0.2) is 27.8 Å². The van der Waals surface area contributed by atoms with E-state index < -0.39 is 0 Å². The molecule has 0 aliphatic carbocycles. The Labute approximate surface area is 127 Å². The standard InChI is InChI=1S/C13H14N6OS/c1-9-3-4-11(20-9)12-10(7-16-17-13(15)21)8-19(18-12)6-2-5-14/h3-4,7-8H,2,6H2,1H3,(H3,15,17,21)/b16-7+. The van der Waals surface area contributed by atoms with Crippen molar-refractivity contribution in [3.63, 3.8) is 0 Å². The highest BCUT2D eigenvalue weighted by atomic mass is 32.1. The number of nitrogens with zero attached hydrogens (tertiary/aromatic N) is 4. The van der Waals surface area contributed by atoms with E-state index in [1.54, 1.807) is 17.1 Å². The van der Waals surface area contributed by atoms with Crippen molar-refractivity contribution in [1.29, 1.82) is 5.26 Å². The molecule has 0 radical (unpaired) electrons. The topological polar surface area (TPSA) is 105 Å². The molecule has 2 aromatic heterocycles. The number of nitrogens with one attached hydrogen (secondary N) is 1. The monoisotopic (exact) mass is 302 g/mol. The van der Waals surface area contributed by atoms with E-state index in [9.17, 15) is 0 Å². The number of hydrogen-bond donors (Lipinski definition) is 2. The Kier molecular flexibility index (Phi) is 4.68. The van der Waals surface area contributed by atoms with Gasteiger partial charge in [0.15, 0.2) is 10.9 Å². The number of hydrazone groups is 1. The smallest absolute Gasteiger partial charge is 0.184 e. The maximum atomic E-state index is 8.65. The molecule has 2 aromatic rings. The molecule has 2 rings (SSSR count). The van der Waals surface area contributed by atoms with Gasteiger partial charge in [-0.25, -0.2) is 0 Å². The van der Waals surface area contributed by atoms with Crippen LogP contribution in [0.5, 0.6) is 0 Å². The number of thiocarbonyl (C=S) groups is 1. The maximum Gasteiger partial charge on any atom is 0.184 e. The van der Waals surface area contributed by atoms with Crippen LogP contribution in [0.1, 0.15) is 17.7 Å². The molecule has 0 spiro atoms. The minimum absolute atomic E-state index is 0.0820. The molecule has 0 bridgehead atoms. The average Bonchev–Trinajstić information content (AvgIpc) is 3.02. The molecular weight excluding hydrogens is 288 g/mol. The molecule has 21 heavy (non-hydrogen) atoms. The van der Waals surface area contributed by atoms with Crippen LogP contribution >= 0.6 is 12.2 Å². The van der Waals surface area contributed by atoms with E-state index in [2.05, 4.69) is 33.9 Å². The lowest BCUT2D eigenvalue weighted by Crippen LogP contribution is -2.23. The van der Waals surface area contributed by atoms with Crippen LogP contribution in [0.3, 0.4) is 0 Å².